The van der Waals surface area contributed by atoms with Gasteiger partial charge in [-0.15, -0.1) is 5.92 Å². The molecule has 2 atom stereocenters. The van der Waals surface area contributed by atoms with Gasteiger partial charge in [-0.2, -0.15) is 0 Å². The number of hydrogen-bond acceptors (Lipinski definition) is 4. The largest absolute Gasteiger partial charge is 0.356 e. The topological polar surface area (TPSA) is 81.4 Å². The van der Waals surface area contributed by atoms with Crippen LogP contribution >= 0.6 is 0 Å². The quantitative estimate of drug-likeness (QED) is 0.473. The monoisotopic (exact) mass is 336 g/mol. The van der Waals surface area contributed by atoms with Crippen LogP contribution in [-0.4, -0.2) is 37.0 Å². The van der Waals surface area contributed by atoms with Crippen LogP contribution in [0.1, 0.15) is 65.2 Å². The van der Waals surface area contributed by atoms with E-state index in [0.717, 1.165) is 38.5 Å². The minimum atomic E-state index is -0.387. The van der Waals surface area contributed by atoms with E-state index < -0.39 is 0 Å². The lowest BCUT2D eigenvalue weighted by molar-refractivity contribution is -0.127. The Morgan fingerprint density at radius 2 is 2.04 bits per heavy atom. The van der Waals surface area contributed by atoms with Crippen LogP contribution in [0, 0.1) is 17.8 Å². The molecule has 0 spiro atoms. The molecule has 0 heterocycles. The lowest BCUT2D eigenvalue weighted by atomic mass is 9.98. The molecule has 1 unspecified atom stereocenters. The summed E-state index contributed by atoms with van der Waals surface area (Å²) in [4.78, 5) is 23.4. The molecule has 0 aromatic heterocycles. The average Bonchev–Trinajstić information content (AvgIpc) is 2.52. The van der Waals surface area contributed by atoms with Gasteiger partial charge in [0.2, 0.25) is 5.91 Å². The fraction of sp³-hybridized carbons (Fsp3) is 0.789. The van der Waals surface area contributed by atoms with E-state index >= 15 is 0 Å². The van der Waals surface area contributed by atoms with Gasteiger partial charge in [0, 0.05) is 18.9 Å². The van der Waals surface area contributed by atoms with Crippen LogP contribution < -0.4 is 11.1 Å². The highest BCUT2D eigenvalue weighted by Gasteiger charge is 2.16. The third kappa shape index (κ3) is 9.05. The molecule has 1 aliphatic rings. The number of carbonyl (C=O) groups excluding carboxylic acids is 2. The smallest absolute Gasteiger partial charge is 0.246 e. The van der Waals surface area contributed by atoms with E-state index in [1.807, 2.05) is 13.8 Å². The van der Waals surface area contributed by atoms with Gasteiger partial charge in [-0.1, -0.05) is 26.2 Å². The van der Waals surface area contributed by atoms with E-state index in [1.165, 1.54) is 6.42 Å². The number of amides is 1. The second-order valence-electron chi connectivity index (χ2n) is 6.73. The Balaban J connectivity index is 2.08. The third-order valence-electron chi connectivity index (χ3n) is 4.15. The van der Waals surface area contributed by atoms with Crippen molar-refractivity contribution in [2.24, 2.45) is 11.7 Å². The molecule has 1 aliphatic carbocycles. The van der Waals surface area contributed by atoms with Gasteiger partial charge >= 0.3 is 0 Å². The van der Waals surface area contributed by atoms with Crippen LogP contribution in [0.5, 0.6) is 0 Å². The molecule has 1 amide bonds. The van der Waals surface area contributed by atoms with Crippen molar-refractivity contribution in [3.63, 3.8) is 0 Å². The van der Waals surface area contributed by atoms with Crippen LogP contribution in [0.25, 0.3) is 0 Å². The van der Waals surface area contributed by atoms with Crippen LogP contribution in [-0.2, 0) is 14.3 Å². The van der Waals surface area contributed by atoms with Crippen molar-refractivity contribution in [2.45, 2.75) is 77.4 Å². The van der Waals surface area contributed by atoms with Crippen molar-refractivity contribution in [2.75, 3.05) is 13.2 Å². The van der Waals surface area contributed by atoms with Gasteiger partial charge < -0.3 is 15.8 Å². The molecule has 1 rings (SSSR count). The lowest BCUT2D eigenvalue weighted by Crippen LogP contribution is -2.34. The van der Waals surface area contributed by atoms with E-state index in [4.69, 9.17) is 10.5 Å². The van der Waals surface area contributed by atoms with Gasteiger partial charge in [-0.3, -0.25) is 9.59 Å². The first-order chi connectivity index (χ1) is 11.5. The zero-order valence-electron chi connectivity index (χ0n) is 15.1. The summed E-state index contributed by atoms with van der Waals surface area (Å²) in [7, 11) is 0. The van der Waals surface area contributed by atoms with E-state index in [1.54, 1.807) is 0 Å². The first-order valence-corrected chi connectivity index (χ1v) is 9.16. The Labute approximate surface area is 146 Å². The van der Waals surface area contributed by atoms with Gasteiger partial charge in [0.05, 0.1) is 6.04 Å². The summed E-state index contributed by atoms with van der Waals surface area (Å²) >= 11 is 0. The molecule has 24 heavy (non-hydrogen) atoms. The number of carbonyl (C=O) groups is 2. The first-order valence-electron chi connectivity index (χ1n) is 9.16. The Hall–Kier alpha value is -1.38. The normalized spacial score (nSPS) is 18.9. The summed E-state index contributed by atoms with van der Waals surface area (Å²) in [5.74, 6) is 6.16. The first kappa shape index (κ1) is 20.7. The number of nitrogens with one attached hydrogen (secondary N) is 1. The van der Waals surface area contributed by atoms with Gasteiger partial charge in [-0.25, -0.2) is 0 Å². The highest BCUT2D eigenvalue weighted by atomic mass is 16.5. The number of nitrogens with two attached hydrogens (primary N) is 1. The second kappa shape index (κ2) is 12.0. The summed E-state index contributed by atoms with van der Waals surface area (Å²) in [6, 6.07) is -0.387. The van der Waals surface area contributed by atoms with Crippen LogP contribution in [0.3, 0.4) is 0 Å². The molecule has 3 N–H and O–H groups in total. The lowest BCUT2D eigenvalue weighted by Gasteiger charge is -2.14. The molecule has 136 valence electrons. The molecule has 5 nitrogen and oxygen atoms in total. The minimum absolute atomic E-state index is 0.0202. The predicted octanol–water partition coefficient (Wildman–Crippen LogP) is 2.18. The van der Waals surface area contributed by atoms with Gasteiger partial charge in [0.25, 0.3) is 0 Å². The summed E-state index contributed by atoms with van der Waals surface area (Å²) in [6.07, 6.45) is 7.47. The SMILES string of the molecule is CC(C)C(=O)[C@H](N)CCCCNC(=O)COC1C#CCCCCC1. The van der Waals surface area contributed by atoms with Gasteiger partial charge in [-0.05, 0) is 38.5 Å². The molecule has 0 aromatic carbocycles. The highest BCUT2D eigenvalue weighted by molar-refractivity contribution is 5.85. The molecule has 0 bridgehead atoms. The van der Waals surface area contributed by atoms with E-state index in [9.17, 15) is 9.59 Å². The van der Waals surface area contributed by atoms with E-state index in [-0.39, 0.29) is 36.4 Å². The van der Waals surface area contributed by atoms with Crippen LogP contribution in [0.15, 0.2) is 0 Å². The predicted molar refractivity (Wildman–Crippen MR) is 95.3 cm³/mol. The van der Waals surface area contributed by atoms with Crippen LogP contribution in [0.2, 0.25) is 0 Å². The molecular formula is C19H32N2O3. The maximum absolute atomic E-state index is 11.8. The van der Waals surface area contributed by atoms with Crippen LogP contribution in [0.4, 0.5) is 0 Å². The number of hydrogen-bond donors (Lipinski definition) is 2. The molecule has 0 saturated heterocycles. The number of ether oxygens (including phenoxy) is 1. The summed E-state index contributed by atoms with van der Waals surface area (Å²) in [5, 5.41) is 2.84. The van der Waals surface area contributed by atoms with Crippen molar-refractivity contribution in [1.82, 2.24) is 5.32 Å². The third-order valence-corrected chi connectivity index (χ3v) is 4.15. The maximum atomic E-state index is 11.8. The number of unbranched alkanes of at least 4 members (excludes halogenated alkanes) is 1. The Morgan fingerprint density at radius 3 is 2.79 bits per heavy atom. The number of ketones is 1. The molecule has 0 saturated carbocycles. The maximum Gasteiger partial charge on any atom is 0.246 e. The summed E-state index contributed by atoms with van der Waals surface area (Å²) in [5.41, 5.74) is 5.84. The van der Waals surface area contributed by atoms with Crippen molar-refractivity contribution in [1.29, 1.82) is 0 Å². The Bertz CT molecular complexity index is 451. The molecule has 0 aromatic rings. The number of Topliss-reactive ketones (excluding diaryl/α,β-unsaturated/α-hetero) is 1. The van der Waals surface area contributed by atoms with Crippen molar-refractivity contribution in [3.05, 3.63) is 0 Å². The number of rotatable bonds is 10. The van der Waals surface area contributed by atoms with Crippen molar-refractivity contribution < 1.29 is 14.3 Å². The Morgan fingerprint density at radius 1 is 1.25 bits per heavy atom. The Kier molecular flexibility index (Phi) is 10.4. The summed E-state index contributed by atoms with van der Waals surface area (Å²) in [6.45, 7) is 4.37. The molecule has 0 radical (unpaired) electrons. The molecule has 0 aliphatic heterocycles. The van der Waals surface area contributed by atoms with Gasteiger partial charge in [0.15, 0.2) is 5.78 Å². The zero-order valence-corrected chi connectivity index (χ0v) is 15.1. The fourth-order valence-corrected chi connectivity index (χ4v) is 2.62. The minimum Gasteiger partial charge on any atom is -0.356 e. The van der Waals surface area contributed by atoms with E-state index in [2.05, 4.69) is 17.2 Å². The molecule has 5 heteroatoms. The van der Waals surface area contributed by atoms with Gasteiger partial charge in [0.1, 0.15) is 12.7 Å². The highest BCUT2D eigenvalue weighted by Crippen LogP contribution is 2.10. The average molecular weight is 336 g/mol. The second-order valence-corrected chi connectivity index (χ2v) is 6.73. The zero-order chi connectivity index (χ0) is 17.8. The van der Waals surface area contributed by atoms with E-state index in [0.29, 0.717) is 13.0 Å². The summed E-state index contributed by atoms with van der Waals surface area (Å²) < 4.78 is 5.58. The van der Waals surface area contributed by atoms with Crippen molar-refractivity contribution >= 4 is 11.7 Å². The fourth-order valence-electron chi connectivity index (χ4n) is 2.62. The van der Waals surface area contributed by atoms with Crippen molar-refractivity contribution in [3.8, 4) is 11.8 Å². The molecular weight excluding hydrogens is 304 g/mol. The standard InChI is InChI=1S/C19H32N2O3/c1-15(2)19(23)17(20)12-8-9-13-21-18(22)14-24-16-10-6-4-3-5-7-11-16/h15-17H,3-6,8-10,12-14,20H2,1-2H3,(H,21,22)/t16?,17-/m1/s1. The molecule has 0 fully saturated rings.